The van der Waals surface area contributed by atoms with Crippen molar-refractivity contribution < 1.29 is 9.59 Å². The first kappa shape index (κ1) is 19.9. The number of carbonyl (C=O) groups excluding carboxylic acids is 2. The van der Waals surface area contributed by atoms with Crippen LogP contribution in [0.4, 0.5) is 5.82 Å². The molecule has 3 rings (SSSR count). The molecule has 2 heterocycles. The molecule has 0 N–H and O–H groups in total. The van der Waals surface area contributed by atoms with Crippen molar-refractivity contribution in [2.24, 2.45) is 0 Å². The number of benzene rings is 1. The van der Waals surface area contributed by atoms with Crippen molar-refractivity contribution >= 4 is 17.6 Å². The van der Waals surface area contributed by atoms with Crippen molar-refractivity contribution in [3.8, 4) is 0 Å². The van der Waals surface area contributed by atoms with Crippen LogP contribution in [0.5, 0.6) is 0 Å². The molecule has 0 atom stereocenters. The molecule has 2 amide bonds. The number of amides is 2. The fraction of sp³-hybridized carbons (Fsp3) is 0.409. The van der Waals surface area contributed by atoms with Gasteiger partial charge in [0.25, 0.3) is 0 Å². The number of anilines is 1. The summed E-state index contributed by atoms with van der Waals surface area (Å²) in [5, 5.41) is 0. The fourth-order valence-corrected chi connectivity index (χ4v) is 3.46. The molecular formula is C22H28N4O2. The Morgan fingerprint density at radius 2 is 1.71 bits per heavy atom. The van der Waals surface area contributed by atoms with Gasteiger partial charge in [-0.05, 0) is 30.5 Å². The molecule has 28 heavy (non-hydrogen) atoms. The third-order valence-electron chi connectivity index (χ3n) is 5.11. The Balaban J connectivity index is 1.46. The summed E-state index contributed by atoms with van der Waals surface area (Å²) in [5.74, 6) is 0.921. The van der Waals surface area contributed by atoms with E-state index in [1.165, 1.54) is 12.5 Å². The van der Waals surface area contributed by atoms with Crippen LogP contribution >= 0.6 is 0 Å². The standard InChI is InChI=1S/C22H28N4O2/c1-19(27)26(13-7-10-20-8-3-2-4-9-20)18-22(28)25-16-14-24(15-17-25)21-11-5-6-12-23-21/h2-6,8-9,11-12H,7,10,13-18H2,1H3. The Labute approximate surface area is 166 Å². The van der Waals surface area contributed by atoms with E-state index in [9.17, 15) is 9.59 Å². The molecule has 1 aromatic carbocycles. The van der Waals surface area contributed by atoms with Crippen LogP contribution in [-0.2, 0) is 16.0 Å². The van der Waals surface area contributed by atoms with Gasteiger partial charge in [-0.3, -0.25) is 9.59 Å². The number of nitrogens with zero attached hydrogens (tertiary/aromatic N) is 4. The molecule has 1 aromatic heterocycles. The van der Waals surface area contributed by atoms with Crippen molar-refractivity contribution in [3.63, 3.8) is 0 Å². The van der Waals surface area contributed by atoms with E-state index in [-0.39, 0.29) is 18.4 Å². The zero-order valence-corrected chi connectivity index (χ0v) is 16.5. The molecule has 6 heteroatoms. The lowest BCUT2D eigenvalue weighted by molar-refractivity contribution is -0.139. The van der Waals surface area contributed by atoms with Crippen LogP contribution in [0.1, 0.15) is 18.9 Å². The van der Waals surface area contributed by atoms with E-state index in [1.807, 2.05) is 41.3 Å². The smallest absolute Gasteiger partial charge is 0.242 e. The molecule has 148 valence electrons. The van der Waals surface area contributed by atoms with Crippen molar-refractivity contribution in [3.05, 3.63) is 60.3 Å². The zero-order chi connectivity index (χ0) is 19.8. The van der Waals surface area contributed by atoms with Gasteiger partial charge in [-0.2, -0.15) is 0 Å². The van der Waals surface area contributed by atoms with E-state index in [4.69, 9.17) is 0 Å². The minimum atomic E-state index is -0.0477. The molecule has 1 aliphatic rings. The first-order valence-corrected chi connectivity index (χ1v) is 9.86. The third kappa shape index (κ3) is 5.55. The maximum atomic E-state index is 12.7. The molecule has 0 saturated carbocycles. The quantitative estimate of drug-likeness (QED) is 0.739. The summed E-state index contributed by atoms with van der Waals surface area (Å²) in [4.78, 5) is 34.7. The minimum Gasteiger partial charge on any atom is -0.353 e. The number of carbonyl (C=O) groups is 2. The molecule has 0 spiro atoms. The van der Waals surface area contributed by atoms with Gasteiger partial charge in [0.1, 0.15) is 5.82 Å². The van der Waals surface area contributed by atoms with Gasteiger partial charge < -0.3 is 14.7 Å². The van der Waals surface area contributed by atoms with Gasteiger partial charge in [-0.15, -0.1) is 0 Å². The lowest BCUT2D eigenvalue weighted by Crippen LogP contribution is -2.52. The summed E-state index contributed by atoms with van der Waals surface area (Å²) in [6, 6.07) is 16.1. The maximum Gasteiger partial charge on any atom is 0.242 e. The Hall–Kier alpha value is -2.89. The first-order valence-electron chi connectivity index (χ1n) is 9.86. The Morgan fingerprint density at radius 1 is 1.00 bits per heavy atom. The van der Waals surface area contributed by atoms with Crippen LogP contribution in [0.25, 0.3) is 0 Å². The number of rotatable bonds is 7. The van der Waals surface area contributed by atoms with Gasteiger partial charge in [0.2, 0.25) is 11.8 Å². The minimum absolute atomic E-state index is 0.0237. The average molecular weight is 380 g/mol. The molecule has 6 nitrogen and oxygen atoms in total. The highest BCUT2D eigenvalue weighted by atomic mass is 16.2. The second kappa shape index (κ2) is 9.88. The highest BCUT2D eigenvalue weighted by Gasteiger charge is 2.24. The Morgan fingerprint density at radius 3 is 2.36 bits per heavy atom. The first-order chi connectivity index (χ1) is 13.6. The molecule has 1 fully saturated rings. The van der Waals surface area contributed by atoms with Gasteiger partial charge in [-0.25, -0.2) is 4.98 Å². The van der Waals surface area contributed by atoms with E-state index in [1.54, 1.807) is 11.1 Å². The van der Waals surface area contributed by atoms with Crippen LogP contribution in [0.3, 0.4) is 0 Å². The van der Waals surface area contributed by atoms with E-state index < -0.39 is 0 Å². The highest BCUT2D eigenvalue weighted by molar-refractivity contribution is 5.84. The zero-order valence-electron chi connectivity index (χ0n) is 16.5. The largest absolute Gasteiger partial charge is 0.353 e. The number of aryl methyl sites for hydroxylation is 1. The van der Waals surface area contributed by atoms with Crippen LogP contribution in [0.15, 0.2) is 54.7 Å². The van der Waals surface area contributed by atoms with Crippen molar-refractivity contribution in [2.45, 2.75) is 19.8 Å². The SMILES string of the molecule is CC(=O)N(CCCc1ccccc1)CC(=O)N1CCN(c2ccccn2)CC1. The fourth-order valence-electron chi connectivity index (χ4n) is 3.46. The summed E-state index contributed by atoms with van der Waals surface area (Å²) >= 11 is 0. The maximum absolute atomic E-state index is 12.7. The Kier molecular flexibility index (Phi) is 7.00. The van der Waals surface area contributed by atoms with Gasteiger partial charge >= 0.3 is 0 Å². The predicted molar refractivity (Wildman–Crippen MR) is 110 cm³/mol. The van der Waals surface area contributed by atoms with Gasteiger partial charge in [0, 0.05) is 45.8 Å². The van der Waals surface area contributed by atoms with E-state index in [0.29, 0.717) is 19.6 Å². The summed E-state index contributed by atoms with van der Waals surface area (Å²) < 4.78 is 0. The van der Waals surface area contributed by atoms with E-state index >= 15 is 0 Å². The van der Waals surface area contributed by atoms with Gasteiger partial charge in [-0.1, -0.05) is 36.4 Å². The summed E-state index contributed by atoms with van der Waals surface area (Å²) in [5.41, 5.74) is 1.25. The van der Waals surface area contributed by atoms with Crippen LogP contribution in [0.2, 0.25) is 0 Å². The molecule has 0 radical (unpaired) electrons. The molecule has 2 aromatic rings. The van der Waals surface area contributed by atoms with Gasteiger partial charge in [0.15, 0.2) is 0 Å². The molecule has 0 aliphatic carbocycles. The number of aromatic nitrogens is 1. The lowest BCUT2D eigenvalue weighted by atomic mass is 10.1. The lowest BCUT2D eigenvalue weighted by Gasteiger charge is -2.36. The number of pyridine rings is 1. The topological polar surface area (TPSA) is 56.8 Å². The molecule has 1 saturated heterocycles. The molecule has 1 aliphatic heterocycles. The normalized spacial score (nSPS) is 14.0. The average Bonchev–Trinajstić information content (AvgIpc) is 2.74. The van der Waals surface area contributed by atoms with Crippen LogP contribution in [-0.4, -0.2) is 65.9 Å². The second-order valence-electron chi connectivity index (χ2n) is 7.09. The Bertz CT molecular complexity index is 759. The summed E-state index contributed by atoms with van der Waals surface area (Å²) in [6.45, 7) is 5.14. The summed E-state index contributed by atoms with van der Waals surface area (Å²) in [7, 11) is 0. The number of piperazine rings is 1. The van der Waals surface area contributed by atoms with Crippen molar-refractivity contribution in [1.82, 2.24) is 14.8 Å². The van der Waals surface area contributed by atoms with E-state index in [2.05, 4.69) is 22.0 Å². The number of hydrogen-bond donors (Lipinski definition) is 0. The van der Waals surface area contributed by atoms with Crippen molar-refractivity contribution in [2.75, 3.05) is 44.2 Å². The molecule has 0 bridgehead atoms. The third-order valence-corrected chi connectivity index (χ3v) is 5.11. The number of hydrogen-bond acceptors (Lipinski definition) is 4. The molecular weight excluding hydrogens is 352 g/mol. The second-order valence-corrected chi connectivity index (χ2v) is 7.09. The highest BCUT2D eigenvalue weighted by Crippen LogP contribution is 2.13. The molecule has 0 unspecified atom stereocenters. The van der Waals surface area contributed by atoms with Crippen LogP contribution in [0, 0.1) is 0 Å². The van der Waals surface area contributed by atoms with E-state index in [0.717, 1.165) is 31.7 Å². The van der Waals surface area contributed by atoms with Gasteiger partial charge in [0.05, 0.1) is 6.54 Å². The van der Waals surface area contributed by atoms with Crippen LogP contribution < -0.4 is 4.90 Å². The van der Waals surface area contributed by atoms with Crippen molar-refractivity contribution in [1.29, 1.82) is 0 Å². The monoisotopic (exact) mass is 380 g/mol. The summed E-state index contributed by atoms with van der Waals surface area (Å²) in [6.07, 6.45) is 3.54. The predicted octanol–water partition coefficient (Wildman–Crippen LogP) is 2.21.